The van der Waals surface area contributed by atoms with Gasteiger partial charge in [0.1, 0.15) is 0 Å². The van der Waals surface area contributed by atoms with Crippen LogP contribution < -0.4 is 5.32 Å². The summed E-state index contributed by atoms with van der Waals surface area (Å²) in [6, 6.07) is 9.98. The molecule has 0 saturated carbocycles. The Morgan fingerprint density at radius 1 is 1.33 bits per heavy atom. The molecule has 1 fully saturated rings. The molecule has 6 heteroatoms. The van der Waals surface area contributed by atoms with Crippen molar-refractivity contribution in [2.75, 3.05) is 19.0 Å². The summed E-state index contributed by atoms with van der Waals surface area (Å²) in [7, 11) is 0. The number of rotatable bonds is 7. The quantitative estimate of drug-likeness (QED) is 0.594. The van der Waals surface area contributed by atoms with Crippen LogP contribution in [0.5, 0.6) is 0 Å². The molecule has 1 atom stereocenters. The number of benzene rings is 1. The van der Waals surface area contributed by atoms with Crippen molar-refractivity contribution in [2.45, 2.75) is 29.7 Å². The molecule has 1 aliphatic heterocycles. The van der Waals surface area contributed by atoms with Crippen molar-refractivity contribution < 1.29 is 19.4 Å². The van der Waals surface area contributed by atoms with E-state index in [1.807, 2.05) is 30.3 Å². The van der Waals surface area contributed by atoms with Crippen molar-refractivity contribution in [2.24, 2.45) is 0 Å². The standard InChI is InChI=1S/C15H19NO4S/c17-13(16-15(14(18)19)8-9-20-11-15)7-4-10-21-12-5-2-1-3-6-12/h1-3,5-6H,4,7-11H2,(H,16,17)(H,18,19). The summed E-state index contributed by atoms with van der Waals surface area (Å²) in [6.45, 7) is 0.420. The summed E-state index contributed by atoms with van der Waals surface area (Å²) >= 11 is 1.69. The molecular formula is C15H19NO4S. The summed E-state index contributed by atoms with van der Waals surface area (Å²) in [5.41, 5.74) is -1.23. The SMILES string of the molecule is O=C(CCCSc1ccccc1)NC1(C(=O)O)CCOC1. The summed E-state index contributed by atoms with van der Waals surface area (Å²) < 4.78 is 5.11. The number of carboxylic acids is 1. The third-order valence-electron chi connectivity index (χ3n) is 3.37. The molecule has 0 aliphatic carbocycles. The molecule has 5 nitrogen and oxygen atoms in total. The van der Waals surface area contributed by atoms with Gasteiger partial charge >= 0.3 is 5.97 Å². The zero-order chi connectivity index (χ0) is 15.1. The fourth-order valence-corrected chi connectivity index (χ4v) is 3.03. The van der Waals surface area contributed by atoms with E-state index < -0.39 is 11.5 Å². The Balaban J connectivity index is 1.71. The number of nitrogens with one attached hydrogen (secondary N) is 1. The normalized spacial score (nSPS) is 21.1. The highest BCUT2D eigenvalue weighted by molar-refractivity contribution is 7.99. The van der Waals surface area contributed by atoms with Gasteiger partial charge in [0, 0.05) is 24.3 Å². The van der Waals surface area contributed by atoms with Gasteiger partial charge in [0.15, 0.2) is 5.54 Å². The highest BCUT2D eigenvalue weighted by Crippen LogP contribution is 2.20. The van der Waals surface area contributed by atoms with Gasteiger partial charge in [-0.2, -0.15) is 0 Å². The molecule has 1 amide bonds. The summed E-state index contributed by atoms with van der Waals surface area (Å²) in [5, 5.41) is 11.9. The molecule has 1 saturated heterocycles. The average molecular weight is 309 g/mol. The van der Waals surface area contributed by atoms with Crippen LogP contribution in [0.15, 0.2) is 35.2 Å². The third-order valence-corrected chi connectivity index (χ3v) is 4.47. The van der Waals surface area contributed by atoms with Gasteiger partial charge in [-0.25, -0.2) is 4.79 Å². The zero-order valence-electron chi connectivity index (χ0n) is 11.7. The largest absolute Gasteiger partial charge is 0.479 e. The van der Waals surface area contributed by atoms with Crippen molar-refractivity contribution in [1.82, 2.24) is 5.32 Å². The predicted octanol–water partition coefficient (Wildman–Crippen LogP) is 1.92. The van der Waals surface area contributed by atoms with Crippen molar-refractivity contribution in [3.8, 4) is 0 Å². The Hall–Kier alpha value is -1.53. The van der Waals surface area contributed by atoms with Crippen LogP contribution in [-0.4, -0.2) is 41.5 Å². The Bertz CT molecular complexity index is 486. The van der Waals surface area contributed by atoms with E-state index in [4.69, 9.17) is 4.74 Å². The first kappa shape index (κ1) is 15.9. The average Bonchev–Trinajstić information content (AvgIpc) is 2.94. The first-order valence-corrected chi connectivity index (χ1v) is 7.91. The van der Waals surface area contributed by atoms with Gasteiger partial charge in [0.05, 0.1) is 6.61 Å². The van der Waals surface area contributed by atoms with Gasteiger partial charge in [0.2, 0.25) is 5.91 Å². The van der Waals surface area contributed by atoms with E-state index in [9.17, 15) is 14.7 Å². The predicted molar refractivity (Wildman–Crippen MR) is 80.3 cm³/mol. The van der Waals surface area contributed by atoms with E-state index in [-0.39, 0.29) is 12.5 Å². The lowest BCUT2D eigenvalue weighted by atomic mass is 9.99. The topological polar surface area (TPSA) is 75.6 Å². The second-order valence-electron chi connectivity index (χ2n) is 5.00. The number of carbonyl (C=O) groups is 2. The first-order chi connectivity index (χ1) is 10.1. The van der Waals surface area contributed by atoms with Crippen LogP contribution in [0.2, 0.25) is 0 Å². The van der Waals surface area contributed by atoms with Crippen LogP contribution >= 0.6 is 11.8 Å². The molecule has 21 heavy (non-hydrogen) atoms. The molecule has 114 valence electrons. The van der Waals surface area contributed by atoms with E-state index in [2.05, 4.69) is 5.32 Å². The lowest BCUT2D eigenvalue weighted by Gasteiger charge is -2.23. The molecular weight excluding hydrogens is 290 g/mol. The number of carboxylic acid groups (broad SMARTS) is 1. The van der Waals surface area contributed by atoms with E-state index in [0.29, 0.717) is 25.9 Å². The number of carbonyl (C=O) groups excluding carboxylic acids is 1. The molecule has 0 radical (unpaired) electrons. The number of thioether (sulfide) groups is 1. The fraction of sp³-hybridized carbons (Fsp3) is 0.467. The third kappa shape index (κ3) is 4.47. The van der Waals surface area contributed by atoms with Crippen LogP contribution in [0.1, 0.15) is 19.3 Å². The highest BCUT2D eigenvalue weighted by Gasteiger charge is 2.43. The number of ether oxygens (including phenoxy) is 1. The van der Waals surface area contributed by atoms with Crippen molar-refractivity contribution >= 4 is 23.6 Å². The summed E-state index contributed by atoms with van der Waals surface area (Å²) in [5.74, 6) is -0.419. The van der Waals surface area contributed by atoms with Crippen molar-refractivity contribution in [3.05, 3.63) is 30.3 Å². The number of hydrogen-bond acceptors (Lipinski definition) is 4. The Labute approximate surface area is 128 Å². The second-order valence-corrected chi connectivity index (χ2v) is 6.17. The number of aliphatic carboxylic acids is 1. The summed E-state index contributed by atoms with van der Waals surface area (Å²) in [4.78, 5) is 24.3. The summed E-state index contributed by atoms with van der Waals surface area (Å²) in [6.07, 6.45) is 1.36. The smallest absolute Gasteiger partial charge is 0.331 e. The maximum absolute atomic E-state index is 11.9. The molecule has 1 aliphatic rings. The van der Waals surface area contributed by atoms with Crippen molar-refractivity contribution in [1.29, 1.82) is 0 Å². The van der Waals surface area contributed by atoms with Crippen LogP contribution in [0, 0.1) is 0 Å². The van der Waals surface area contributed by atoms with Gasteiger partial charge in [0.25, 0.3) is 0 Å². The van der Waals surface area contributed by atoms with Gasteiger partial charge in [-0.05, 0) is 24.3 Å². The lowest BCUT2D eigenvalue weighted by molar-refractivity contribution is -0.147. The van der Waals surface area contributed by atoms with Crippen LogP contribution in [0.4, 0.5) is 0 Å². The van der Waals surface area contributed by atoms with Crippen LogP contribution in [0.25, 0.3) is 0 Å². The van der Waals surface area contributed by atoms with Crippen LogP contribution in [-0.2, 0) is 14.3 Å². The molecule has 1 heterocycles. The first-order valence-electron chi connectivity index (χ1n) is 6.92. The Morgan fingerprint density at radius 3 is 2.71 bits per heavy atom. The lowest BCUT2D eigenvalue weighted by Crippen LogP contribution is -2.55. The Morgan fingerprint density at radius 2 is 2.10 bits per heavy atom. The second kappa shape index (κ2) is 7.47. The minimum atomic E-state index is -1.23. The molecule has 0 spiro atoms. The van der Waals surface area contributed by atoms with E-state index >= 15 is 0 Å². The highest BCUT2D eigenvalue weighted by atomic mass is 32.2. The zero-order valence-corrected chi connectivity index (χ0v) is 12.5. The molecule has 1 unspecified atom stereocenters. The number of amides is 1. The minimum absolute atomic E-state index is 0.0485. The monoisotopic (exact) mass is 309 g/mol. The fourth-order valence-electron chi connectivity index (χ4n) is 2.15. The molecule has 0 aromatic heterocycles. The molecule has 2 N–H and O–H groups in total. The van der Waals surface area contributed by atoms with E-state index in [1.165, 1.54) is 4.90 Å². The molecule has 2 rings (SSSR count). The van der Waals surface area contributed by atoms with E-state index in [0.717, 1.165) is 5.75 Å². The van der Waals surface area contributed by atoms with Crippen LogP contribution in [0.3, 0.4) is 0 Å². The van der Waals surface area contributed by atoms with Gasteiger partial charge < -0.3 is 15.2 Å². The van der Waals surface area contributed by atoms with Crippen molar-refractivity contribution in [3.63, 3.8) is 0 Å². The van der Waals surface area contributed by atoms with E-state index in [1.54, 1.807) is 11.8 Å². The van der Waals surface area contributed by atoms with Gasteiger partial charge in [-0.1, -0.05) is 18.2 Å². The Kier molecular flexibility index (Phi) is 5.64. The molecule has 0 bridgehead atoms. The number of hydrogen-bond donors (Lipinski definition) is 2. The van der Waals surface area contributed by atoms with Gasteiger partial charge in [-0.3, -0.25) is 4.79 Å². The molecule has 1 aromatic rings. The van der Waals surface area contributed by atoms with Gasteiger partial charge in [-0.15, -0.1) is 11.8 Å². The molecule has 1 aromatic carbocycles. The maximum Gasteiger partial charge on any atom is 0.331 e. The maximum atomic E-state index is 11.9. The minimum Gasteiger partial charge on any atom is -0.479 e.